The molecule has 0 fully saturated rings. The molecule has 0 spiro atoms. The number of guanidine groups is 1. The summed E-state index contributed by atoms with van der Waals surface area (Å²) in [5.41, 5.74) is 2.49. The minimum absolute atomic E-state index is 0.0586. The Kier molecular flexibility index (Phi) is 8.90. The van der Waals surface area contributed by atoms with Crippen LogP contribution in [0.1, 0.15) is 37.3 Å². The van der Waals surface area contributed by atoms with Gasteiger partial charge in [0.2, 0.25) is 5.91 Å². The Morgan fingerprint density at radius 2 is 1.48 bits per heavy atom. The molecule has 0 bridgehead atoms. The van der Waals surface area contributed by atoms with E-state index in [9.17, 15) is 4.79 Å². The summed E-state index contributed by atoms with van der Waals surface area (Å²) in [5, 5.41) is 9.44. The largest absolute Gasteiger partial charge is 0.357 e. The van der Waals surface area contributed by atoms with Crippen LogP contribution >= 0.6 is 0 Å². The van der Waals surface area contributed by atoms with E-state index in [1.165, 1.54) is 11.1 Å². The van der Waals surface area contributed by atoms with Gasteiger partial charge in [-0.25, -0.2) is 4.99 Å². The summed E-state index contributed by atoms with van der Waals surface area (Å²) >= 11 is 0. The Bertz CT molecular complexity index is 661. The van der Waals surface area contributed by atoms with Gasteiger partial charge in [0.05, 0.1) is 0 Å². The predicted molar refractivity (Wildman–Crippen MR) is 112 cm³/mol. The van der Waals surface area contributed by atoms with Crippen LogP contribution in [-0.4, -0.2) is 38.0 Å². The third-order valence-electron chi connectivity index (χ3n) is 4.17. The second kappa shape index (κ2) is 11.7. The van der Waals surface area contributed by atoms with Crippen molar-refractivity contribution in [2.24, 2.45) is 4.99 Å². The highest BCUT2D eigenvalue weighted by Crippen LogP contribution is 2.23. The Balaban J connectivity index is 2.07. The van der Waals surface area contributed by atoms with Crippen molar-refractivity contribution in [1.82, 2.24) is 16.0 Å². The van der Waals surface area contributed by atoms with E-state index in [0.717, 1.165) is 13.0 Å². The fourth-order valence-electron chi connectivity index (χ4n) is 2.81. The van der Waals surface area contributed by atoms with E-state index < -0.39 is 0 Å². The van der Waals surface area contributed by atoms with Crippen molar-refractivity contribution in [2.45, 2.75) is 26.2 Å². The first-order valence-corrected chi connectivity index (χ1v) is 9.63. The van der Waals surface area contributed by atoms with Crippen molar-refractivity contribution in [3.8, 4) is 0 Å². The third-order valence-corrected chi connectivity index (χ3v) is 4.17. The molecule has 1 amide bonds. The molecule has 2 aromatic rings. The minimum atomic E-state index is -0.0586. The van der Waals surface area contributed by atoms with Crippen molar-refractivity contribution in [1.29, 1.82) is 0 Å². The highest BCUT2D eigenvalue weighted by Gasteiger charge is 2.14. The molecule has 0 aliphatic heterocycles. The average Bonchev–Trinajstić information content (AvgIpc) is 2.72. The number of nitrogens with one attached hydrogen (secondary N) is 3. The van der Waals surface area contributed by atoms with Crippen molar-refractivity contribution < 1.29 is 4.79 Å². The molecule has 5 heteroatoms. The van der Waals surface area contributed by atoms with Crippen LogP contribution < -0.4 is 16.0 Å². The standard InChI is InChI=1S/C22H30N4O/c1-3-15-24-21(27)17-26-22(23-4-2)25-16-20(18-11-7-5-8-12-18)19-13-9-6-10-14-19/h5-14,20H,3-4,15-17H2,1-2H3,(H,24,27)(H2,23,25,26). The molecule has 0 aliphatic rings. The summed E-state index contributed by atoms with van der Waals surface area (Å²) in [5.74, 6) is 0.794. The fourth-order valence-corrected chi connectivity index (χ4v) is 2.81. The topological polar surface area (TPSA) is 65.5 Å². The predicted octanol–water partition coefficient (Wildman–Crippen LogP) is 2.90. The van der Waals surface area contributed by atoms with Gasteiger partial charge in [0.15, 0.2) is 5.96 Å². The normalized spacial score (nSPS) is 11.3. The van der Waals surface area contributed by atoms with Gasteiger partial charge in [-0.3, -0.25) is 4.79 Å². The Labute approximate surface area is 162 Å². The van der Waals surface area contributed by atoms with Crippen LogP contribution in [0.15, 0.2) is 65.7 Å². The number of rotatable bonds is 9. The first kappa shape index (κ1) is 20.5. The van der Waals surface area contributed by atoms with Gasteiger partial charge in [-0.1, -0.05) is 67.6 Å². The summed E-state index contributed by atoms with van der Waals surface area (Å²) in [6.45, 7) is 6.28. The van der Waals surface area contributed by atoms with E-state index in [0.29, 0.717) is 19.0 Å². The van der Waals surface area contributed by atoms with Crippen LogP contribution in [0.4, 0.5) is 0 Å². The maximum Gasteiger partial charge on any atom is 0.241 e. The zero-order chi connectivity index (χ0) is 19.3. The first-order chi connectivity index (χ1) is 13.2. The molecule has 0 radical (unpaired) electrons. The molecule has 2 aromatic carbocycles. The molecule has 3 N–H and O–H groups in total. The number of amides is 1. The molecular formula is C22H30N4O. The molecule has 0 atom stereocenters. The molecule has 27 heavy (non-hydrogen) atoms. The molecule has 0 aromatic heterocycles. The summed E-state index contributed by atoms with van der Waals surface area (Å²) < 4.78 is 0. The quantitative estimate of drug-likeness (QED) is 0.472. The zero-order valence-corrected chi connectivity index (χ0v) is 16.2. The van der Waals surface area contributed by atoms with Crippen LogP contribution in [0.2, 0.25) is 0 Å². The number of carbonyl (C=O) groups is 1. The molecule has 0 unspecified atom stereocenters. The third kappa shape index (κ3) is 7.13. The molecule has 0 aliphatic carbocycles. The van der Waals surface area contributed by atoms with Gasteiger partial charge in [0.25, 0.3) is 0 Å². The zero-order valence-electron chi connectivity index (χ0n) is 16.2. The molecule has 0 saturated carbocycles. The lowest BCUT2D eigenvalue weighted by Crippen LogP contribution is -2.40. The molecule has 2 rings (SSSR count). The van der Waals surface area contributed by atoms with Gasteiger partial charge >= 0.3 is 0 Å². The lowest BCUT2D eigenvalue weighted by atomic mass is 9.91. The van der Waals surface area contributed by atoms with Gasteiger partial charge < -0.3 is 16.0 Å². The van der Waals surface area contributed by atoms with Crippen LogP contribution in [0, 0.1) is 0 Å². The van der Waals surface area contributed by atoms with Gasteiger partial charge in [-0.15, -0.1) is 0 Å². The van der Waals surface area contributed by atoms with Crippen molar-refractivity contribution in [3.05, 3.63) is 71.8 Å². The molecular weight excluding hydrogens is 336 g/mol. The van der Waals surface area contributed by atoms with Gasteiger partial charge in [0, 0.05) is 25.6 Å². The summed E-state index contributed by atoms with van der Waals surface area (Å²) in [6.07, 6.45) is 0.920. The van der Waals surface area contributed by atoms with Crippen LogP contribution in [-0.2, 0) is 4.79 Å². The van der Waals surface area contributed by atoms with Crippen LogP contribution in [0.3, 0.4) is 0 Å². The van der Waals surface area contributed by atoms with E-state index in [4.69, 9.17) is 0 Å². The second-order valence-corrected chi connectivity index (χ2v) is 6.30. The number of aliphatic imine (C=N–C) groups is 1. The maximum atomic E-state index is 11.8. The van der Waals surface area contributed by atoms with E-state index in [-0.39, 0.29) is 18.4 Å². The van der Waals surface area contributed by atoms with Gasteiger partial charge in [-0.2, -0.15) is 0 Å². The van der Waals surface area contributed by atoms with Crippen molar-refractivity contribution in [3.63, 3.8) is 0 Å². The molecule has 0 saturated heterocycles. The maximum absolute atomic E-state index is 11.8. The number of benzene rings is 2. The number of hydrogen-bond acceptors (Lipinski definition) is 2. The highest BCUT2D eigenvalue weighted by atomic mass is 16.1. The van der Waals surface area contributed by atoms with Gasteiger partial charge in [-0.05, 0) is 24.5 Å². The first-order valence-electron chi connectivity index (χ1n) is 9.63. The SMILES string of the molecule is CCCNC(=O)CN=C(NCC)NCC(c1ccccc1)c1ccccc1. The van der Waals surface area contributed by atoms with Crippen LogP contribution in [0.25, 0.3) is 0 Å². The Hall–Kier alpha value is -2.82. The summed E-state index contributed by atoms with van der Waals surface area (Å²) in [4.78, 5) is 16.2. The van der Waals surface area contributed by atoms with E-state index >= 15 is 0 Å². The lowest BCUT2D eigenvalue weighted by Gasteiger charge is -2.20. The smallest absolute Gasteiger partial charge is 0.241 e. The van der Waals surface area contributed by atoms with E-state index in [1.807, 2.05) is 26.0 Å². The number of hydrogen-bond donors (Lipinski definition) is 3. The van der Waals surface area contributed by atoms with E-state index in [2.05, 4.69) is 69.5 Å². The molecule has 144 valence electrons. The van der Waals surface area contributed by atoms with E-state index in [1.54, 1.807) is 0 Å². The summed E-state index contributed by atoms with van der Waals surface area (Å²) in [6, 6.07) is 20.8. The number of carbonyl (C=O) groups excluding carboxylic acids is 1. The Morgan fingerprint density at radius 3 is 2.00 bits per heavy atom. The van der Waals surface area contributed by atoms with Crippen LogP contribution in [0.5, 0.6) is 0 Å². The second-order valence-electron chi connectivity index (χ2n) is 6.30. The Morgan fingerprint density at radius 1 is 0.889 bits per heavy atom. The average molecular weight is 367 g/mol. The van der Waals surface area contributed by atoms with Gasteiger partial charge in [0.1, 0.15) is 6.54 Å². The minimum Gasteiger partial charge on any atom is -0.357 e. The summed E-state index contributed by atoms with van der Waals surface area (Å²) in [7, 11) is 0. The highest BCUT2D eigenvalue weighted by molar-refractivity contribution is 5.84. The molecule has 0 heterocycles. The molecule has 5 nitrogen and oxygen atoms in total. The van der Waals surface area contributed by atoms with Crippen molar-refractivity contribution in [2.75, 3.05) is 26.2 Å². The number of nitrogens with zero attached hydrogens (tertiary/aromatic N) is 1. The lowest BCUT2D eigenvalue weighted by molar-refractivity contribution is -0.119. The monoisotopic (exact) mass is 366 g/mol. The fraction of sp³-hybridized carbons (Fsp3) is 0.364. The van der Waals surface area contributed by atoms with Crippen molar-refractivity contribution >= 4 is 11.9 Å².